The lowest BCUT2D eigenvalue weighted by molar-refractivity contribution is 0.102. The first-order valence-corrected chi connectivity index (χ1v) is 5.97. The Hall–Kier alpha value is -1.75. The highest BCUT2D eigenvalue weighted by Crippen LogP contribution is 2.20. The summed E-state index contributed by atoms with van der Waals surface area (Å²) in [6.07, 6.45) is 3.54. The molecule has 16 heavy (non-hydrogen) atoms. The van der Waals surface area contributed by atoms with E-state index in [2.05, 4.69) is 15.5 Å². The molecule has 0 spiro atoms. The van der Waals surface area contributed by atoms with E-state index in [1.165, 1.54) is 0 Å². The first kappa shape index (κ1) is 10.8. The van der Waals surface area contributed by atoms with E-state index in [4.69, 9.17) is 0 Å². The number of amides is 1. The van der Waals surface area contributed by atoms with Gasteiger partial charge in [0.25, 0.3) is 5.91 Å². The van der Waals surface area contributed by atoms with Crippen LogP contribution in [0.5, 0.6) is 0 Å². The average molecular weight is 233 g/mol. The summed E-state index contributed by atoms with van der Waals surface area (Å²) in [4.78, 5) is 12.9. The Kier molecular flexibility index (Phi) is 3.26. The molecule has 2 N–H and O–H groups in total. The lowest BCUT2D eigenvalue weighted by atomic mass is 10.2. The van der Waals surface area contributed by atoms with E-state index in [1.54, 1.807) is 30.1 Å². The number of H-pyrrole nitrogens is 1. The smallest absolute Gasteiger partial charge is 0.257 e. The highest BCUT2D eigenvalue weighted by atomic mass is 32.2. The van der Waals surface area contributed by atoms with Gasteiger partial charge < -0.3 is 5.32 Å². The van der Waals surface area contributed by atoms with Crippen LogP contribution in [0.1, 0.15) is 10.4 Å². The van der Waals surface area contributed by atoms with Crippen molar-refractivity contribution >= 4 is 23.5 Å². The summed E-state index contributed by atoms with van der Waals surface area (Å²) >= 11 is 1.55. The number of anilines is 1. The van der Waals surface area contributed by atoms with Crippen LogP contribution >= 0.6 is 11.8 Å². The number of benzene rings is 1. The molecule has 0 aliphatic rings. The molecule has 4 nitrogen and oxygen atoms in total. The average Bonchev–Trinajstić information content (AvgIpc) is 2.81. The SMILES string of the molecule is CSc1ccccc1C(=O)Nc1ccn[nH]1. The molecule has 0 unspecified atom stereocenters. The van der Waals surface area contributed by atoms with Crippen molar-refractivity contribution in [1.82, 2.24) is 10.2 Å². The van der Waals surface area contributed by atoms with E-state index >= 15 is 0 Å². The van der Waals surface area contributed by atoms with Crippen LogP contribution in [0.4, 0.5) is 5.82 Å². The van der Waals surface area contributed by atoms with Crippen LogP contribution in [0.2, 0.25) is 0 Å². The van der Waals surface area contributed by atoms with Crippen molar-refractivity contribution in [3.8, 4) is 0 Å². The predicted molar refractivity (Wildman–Crippen MR) is 64.8 cm³/mol. The molecular weight excluding hydrogens is 222 g/mol. The topological polar surface area (TPSA) is 57.8 Å². The molecule has 0 aliphatic heterocycles. The molecule has 0 radical (unpaired) electrons. The molecule has 0 saturated heterocycles. The van der Waals surface area contributed by atoms with Crippen LogP contribution < -0.4 is 5.32 Å². The fourth-order valence-electron chi connectivity index (χ4n) is 1.35. The van der Waals surface area contributed by atoms with Crippen molar-refractivity contribution in [1.29, 1.82) is 0 Å². The minimum Gasteiger partial charge on any atom is -0.307 e. The van der Waals surface area contributed by atoms with Gasteiger partial charge in [-0.25, -0.2) is 0 Å². The number of hydrogen-bond acceptors (Lipinski definition) is 3. The maximum atomic E-state index is 11.9. The molecule has 0 aliphatic carbocycles. The van der Waals surface area contributed by atoms with E-state index in [-0.39, 0.29) is 5.91 Å². The van der Waals surface area contributed by atoms with Gasteiger partial charge in [0.1, 0.15) is 5.82 Å². The van der Waals surface area contributed by atoms with E-state index in [0.29, 0.717) is 11.4 Å². The van der Waals surface area contributed by atoms with Gasteiger partial charge in [-0.15, -0.1) is 11.8 Å². The third-order valence-electron chi connectivity index (χ3n) is 2.10. The zero-order chi connectivity index (χ0) is 11.4. The minimum atomic E-state index is -0.130. The Labute approximate surface area is 97.5 Å². The van der Waals surface area contributed by atoms with Gasteiger partial charge in [-0.05, 0) is 18.4 Å². The summed E-state index contributed by atoms with van der Waals surface area (Å²) in [7, 11) is 0. The number of rotatable bonds is 3. The Bertz CT molecular complexity index is 482. The van der Waals surface area contributed by atoms with Crippen molar-refractivity contribution in [3.63, 3.8) is 0 Å². The highest BCUT2D eigenvalue weighted by molar-refractivity contribution is 7.98. The van der Waals surface area contributed by atoms with Crippen molar-refractivity contribution in [3.05, 3.63) is 42.1 Å². The van der Waals surface area contributed by atoms with Gasteiger partial charge in [0.2, 0.25) is 0 Å². The van der Waals surface area contributed by atoms with E-state index < -0.39 is 0 Å². The lowest BCUT2D eigenvalue weighted by Gasteiger charge is -2.06. The van der Waals surface area contributed by atoms with Gasteiger partial charge in [-0.3, -0.25) is 9.89 Å². The second kappa shape index (κ2) is 4.85. The summed E-state index contributed by atoms with van der Waals surface area (Å²) in [5.41, 5.74) is 0.671. The standard InChI is InChI=1S/C11H11N3OS/c1-16-9-5-3-2-4-8(9)11(15)13-10-6-7-12-14-10/h2-7H,1H3,(H2,12,13,14,15). The molecule has 2 rings (SSSR count). The fourth-order valence-corrected chi connectivity index (χ4v) is 1.94. The second-order valence-electron chi connectivity index (χ2n) is 3.12. The van der Waals surface area contributed by atoms with Crippen molar-refractivity contribution in [2.75, 3.05) is 11.6 Å². The van der Waals surface area contributed by atoms with Gasteiger partial charge in [0.15, 0.2) is 0 Å². The summed E-state index contributed by atoms with van der Waals surface area (Å²) in [6.45, 7) is 0. The molecule has 1 aromatic carbocycles. The van der Waals surface area contributed by atoms with Gasteiger partial charge in [0, 0.05) is 11.0 Å². The number of thioether (sulfide) groups is 1. The van der Waals surface area contributed by atoms with Crippen molar-refractivity contribution < 1.29 is 4.79 Å². The molecule has 1 heterocycles. The number of nitrogens with one attached hydrogen (secondary N) is 2. The van der Waals surface area contributed by atoms with Crippen molar-refractivity contribution in [2.45, 2.75) is 4.90 Å². The number of aromatic amines is 1. The number of nitrogens with zero attached hydrogens (tertiary/aromatic N) is 1. The predicted octanol–water partition coefficient (Wildman–Crippen LogP) is 2.38. The Morgan fingerprint density at radius 3 is 2.88 bits per heavy atom. The minimum absolute atomic E-state index is 0.130. The highest BCUT2D eigenvalue weighted by Gasteiger charge is 2.10. The van der Waals surface area contributed by atoms with E-state index in [9.17, 15) is 4.79 Å². The quantitative estimate of drug-likeness (QED) is 0.800. The molecule has 0 atom stereocenters. The largest absolute Gasteiger partial charge is 0.307 e. The lowest BCUT2D eigenvalue weighted by Crippen LogP contribution is -2.13. The van der Waals surface area contributed by atoms with Crippen molar-refractivity contribution in [2.24, 2.45) is 0 Å². The van der Waals surface area contributed by atoms with Crippen LogP contribution in [0.25, 0.3) is 0 Å². The normalized spacial score (nSPS) is 10.1. The Morgan fingerprint density at radius 1 is 1.38 bits per heavy atom. The summed E-state index contributed by atoms with van der Waals surface area (Å²) in [5.74, 6) is 0.468. The second-order valence-corrected chi connectivity index (χ2v) is 3.97. The summed E-state index contributed by atoms with van der Waals surface area (Å²) in [5, 5.41) is 9.20. The van der Waals surface area contributed by atoms with Crippen LogP contribution in [0.15, 0.2) is 41.4 Å². The van der Waals surface area contributed by atoms with Gasteiger partial charge >= 0.3 is 0 Å². The number of carbonyl (C=O) groups excluding carboxylic acids is 1. The third kappa shape index (κ3) is 2.25. The Morgan fingerprint density at radius 2 is 2.19 bits per heavy atom. The molecule has 0 saturated carbocycles. The first-order chi connectivity index (χ1) is 7.81. The van der Waals surface area contributed by atoms with E-state index in [0.717, 1.165) is 4.90 Å². The summed E-state index contributed by atoms with van der Waals surface area (Å²) in [6, 6.07) is 9.20. The maximum Gasteiger partial charge on any atom is 0.257 e. The molecule has 1 aromatic heterocycles. The third-order valence-corrected chi connectivity index (χ3v) is 2.90. The molecule has 1 amide bonds. The van der Waals surface area contributed by atoms with Crippen LogP contribution in [0.3, 0.4) is 0 Å². The number of hydrogen-bond donors (Lipinski definition) is 2. The zero-order valence-corrected chi connectivity index (χ0v) is 9.54. The Balaban J connectivity index is 2.21. The van der Waals surface area contributed by atoms with Gasteiger partial charge in [-0.2, -0.15) is 5.10 Å². The maximum absolute atomic E-state index is 11.9. The van der Waals surface area contributed by atoms with E-state index in [1.807, 2.05) is 24.5 Å². The zero-order valence-electron chi connectivity index (χ0n) is 8.73. The molecule has 82 valence electrons. The van der Waals surface area contributed by atoms with Crippen LogP contribution in [0, 0.1) is 0 Å². The first-order valence-electron chi connectivity index (χ1n) is 4.75. The van der Waals surface area contributed by atoms with Gasteiger partial charge in [0.05, 0.1) is 11.8 Å². The number of carbonyl (C=O) groups is 1. The monoisotopic (exact) mass is 233 g/mol. The molecular formula is C11H11N3OS. The molecule has 2 aromatic rings. The van der Waals surface area contributed by atoms with Gasteiger partial charge in [-0.1, -0.05) is 12.1 Å². The molecule has 5 heteroatoms. The fraction of sp³-hybridized carbons (Fsp3) is 0.0909. The van der Waals surface area contributed by atoms with Crippen LogP contribution in [-0.4, -0.2) is 22.4 Å². The number of aromatic nitrogens is 2. The molecule has 0 bridgehead atoms. The summed E-state index contributed by atoms with van der Waals surface area (Å²) < 4.78 is 0. The van der Waals surface area contributed by atoms with Crippen LogP contribution in [-0.2, 0) is 0 Å². The molecule has 0 fully saturated rings.